The lowest BCUT2D eigenvalue weighted by Gasteiger charge is -2.36. The number of likely N-dealkylation sites (tertiary alicyclic amines) is 1. The molecule has 0 unspecified atom stereocenters. The van der Waals surface area contributed by atoms with Gasteiger partial charge in [-0.3, -0.25) is 9.59 Å². The number of nitrogens with zero attached hydrogens (tertiary/aromatic N) is 4. The van der Waals surface area contributed by atoms with E-state index in [0.29, 0.717) is 5.92 Å². The highest BCUT2D eigenvalue weighted by atomic mass is 16.2. The molecule has 7 nitrogen and oxygen atoms in total. The van der Waals surface area contributed by atoms with Crippen molar-refractivity contribution in [2.24, 2.45) is 11.3 Å². The van der Waals surface area contributed by atoms with Crippen LogP contribution in [0.2, 0.25) is 0 Å². The zero-order chi connectivity index (χ0) is 23.4. The number of nitrogens with one attached hydrogen (secondary N) is 1. The van der Waals surface area contributed by atoms with E-state index in [-0.39, 0.29) is 23.1 Å². The number of aromatic nitrogens is 2. The number of carbonyl (C=O) groups is 2. The van der Waals surface area contributed by atoms with Gasteiger partial charge < -0.3 is 15.1 Å². The molecule has 1 N–H and O–H groups in total. The number of hydrogen-bond acceptors (Lipinski definition) is 5. The molecule has 0 bridgehead atoms. The third-order valence-electron chi connectivity index (χ3n) is 6.82. The van der Waals surface area contributed by atoms with Crippen LogP contribution in [0, 0.1) is 11.3 Å². The fourth-order valence-corrected chi connectivity index (χ4v) is 4.81. The highest BCUT2D eigenvalue weighted by molar-refractivity contribution is 5.92. The number of piperidine rings is 2. The first-order valence-electron chi connectivity index (χ1n) is 12.0. The first-order chi connectivity index (χ1) is 15.8. The highest BCUT2D eigenvalue weighted by Crippen LogP contribution is 2.31. The molecular formula is C26H35N5O2. The molecule has 2 aliphatic rings. The predicted octanol–water partition coefficient (Wildman–Crippen LogP) is 4.08. The van der Waals surface area contributed by atoms with Crippen molar-refractivity contribution in [2.75, 3.05) is 36.4 Å². The van der Waals surface area contributed by atoms with Crippen molar-refractivity contribution in [1.29, 1.82) is 0 Å². The van der Waals surface area contributed by atoms with Gasteiger partial charge in [-0.15, -0.1) is 5.10 Å². The summed E-state index contributed by atoms with van der Waals surface area (Å²) in [7, 11) is 0. The molecule has 1 aromatic heterocycles. The van der Waals surface area contributed by atoms with Gasteiger partial charge in [0, 0.05) is 49.4 Å². The molecular weight excluding hydrogens is 414 g/mol. The molecule has 0 aliphatic carbocycles. The van der Waals surface area contributed by atoms with E-state index in [1.807, 2.05) is 49.9 Å². The Morgan fingerprint density at radius 3 is 2.18 bits per heavy atom. The predicted molar refractivity (Wildman–Crippen MR) is 130 cm³/mol. The summed E-state index contributed by atoms with van der Waals surface area (Å²) in [5.74, 6) is 1.68. The van der Waals surface area contributed by atoms with E-state index >= 15 is 0 Å². The summed E-state index contributed by atoms with van der Waals surface area (Å²) in [6, 6.07) is 12.1. The number of anilines is 2. The van der Waals surface area contributed by atoms with Gasteiger partial charge in [-0.25, -0.2) is 0 Å². The van der Waals surface area contributed by atoms with Gasteiger partial charge in [0.25, 0.3) is 0 Å². The normalized spacial score (nSPS) is 18.3. The van der Waals surface area contributed by atoms with Crippen molar-refractivity contribution in [1.82, 2.24) is 15.1 Å². The lowest BCUT2D eigenvalue weighted by Crippen LogP contribution is -2.43. The second kappa shape index (κ2) is 9.89. The Bertz CT molecular complexity index is 939. The summed E-state index contributed by atoms with van der Waals surface area (Å²) < 4.78 is 0. The van der Waals surface area contributed by atoms with Crippen molar-refractivity contribution in [3.05, 3.63) is 48.2 Å². The Kier molecular flexibility index (Phi) is 6.96. The van der Waals surface area contributed by atoms with Crippen LogP contribution in [0.1, 0.15) is 57.9 Å². The van der Waals surface area contributed by atoms with Crippen molar-refractivity contribution in [2.45, 2.75) is 52.4 Å². The van der Waals surface area contributed by atoms with Crippen LogP contribution in [0.5, 0.6) is 0 Å². The summed E-state index contributed by atoms with van der Waals surface area (Å²) in [6.07, 6.45) is 5.26. The molecule has 7 heteroatoms. The molecule has 2 amide bonds. The van der Waals surface area contributed by atoms with E-state index in [0.717, 1.165) is 63.4 Å². The van der Waals surface area contributed by atoms with Gasteiger partial charge in [-0.1, -0.05) is 32.9 Å². The van der Waals surface area contributed by atoms with Crippen LogP contribution in [-0.4, -0.2) is 53.1 Å². The van der Waals surface area contributed by atoms with Crippen molar-refractivity contribution in [3.8, 4) is 0 Å². The van der Waals surface area contributed by atoms with Crippen LogP contribution in [0.15, 0.2) is 42.6 Å². The minimum atomic E-state index is -0.320. The molecule has 176 valence electrons. The van der Waals surface area contributed by atoms with Gasteiger partial charge in [0.2, 0.25) is 11.8 Å². The smallest absolute Gasteiger partial charge is 0.227 e. The summed E-state index contributed by atoms with van der Waals surface area (Å²) in [6.45, 7) is 9.19. The lowest BCUT2D eigenvalue weighted by molar-refractivity contribution is -0.140. The van der Waals surface area contributed by atoms with Crippen molar-refractivity contribution >= 4 is 23.3 Å². The van der Waals surface area contributed by atoms with E-state index in [1.165, 1.54) is 5.56 Å². The van der Waals surface area contributed by atoms with Gasteiger partial charge in [-0.05, 0) is 61.4 Å². The average Bonchev–Trinajstić information content (AvgIpc) is 2.84. The van der Waals surface area contributed by atoms with Gasteiger partial charge in [0.05, 0.1) is 0 Å². The maximum Gasteiger partial charge on any atom is 0.227 e. The summed E-state index contributed by atoms with van der Waals surface area (Å²) in [5.41, 5.74) is 1.81. The standard InChI is InChI=1S/C26H35N5O2/c1-26(2,3)25(33)31-17-10-20(11-18-31)19-6-8-22(9-7-19)28-24(32)21-12-15-30(16-13-21)23-5-4-14-27-29-23/h4-9,14,20-21H,10-13,15-18H2,1-3H3,(H,28,32). The van der Waals surface area contributed by atoms with E-state index in [9.17, 15) is 9.59 Å². The third kappa shape index (κ3) is 5.70. The first kappa shape index (κ1) is 23.2. The minimum absolute atomic E-state index is 0.0160. The molecule has 0 atom stereocenters. The third-order valence-corrected chi connectivity index (χ3v) is 6.82. The lowest BCUT2D eigenvalue weighted by atomic mass is 9.87. The summed E-state index contributed by atoms with van der Waals surface area (Å²) >= 11 is 0. The van der Waals surface area contributed by atoms with E-state index in [1.54, 1.807) is 6.20 Å². The Morgan fingerprint density at radius 1 is 0.939 bits per heavy atom. The molecule has 2 fully saturated rings. The van der Waals surface area contributed by atoms with Crippen molar-refractivity contribution in [3.63, 3.8) is 0 Å². The Labute approximate surface area is 196 Å². The monoisotopic (exact) mass is 449 g/mol. The van der Waals surface area contributed by atoms with E-state index in [2.05, 4.69) is 32.5 Å². The fraction of sp³-hybridized carbons (Fsp3) is 0.538. The molecule has 4 rings (SSSR count). The summed E-state index contributed by atoms with van der Waals surface area (Å²) in [4.78, 5) is 29.5. The van der Waals surface area contributed by atoms with Crippen LogP contribution in [0.3, 0.4) is 0 Å². The van der Waals surface area contributed by atoms with Crippen LogP contribution in [-0.2, 0) is 9.59 Å². The zero-order valence-corrected chi connectivity index (χ0v) is 20.0. The maximum atomic E-state index is 12.8. The topological polar surface area (TPSA) is 78.4 Å². The summed E-state index contributed by atoms with van der Waals surface area (Å²) in [5, 5.41) is 11.2. The van der Waals surface area contributed by atoms with Crippen LogP contribution < -0.4 is 10.2 Å². The maximum absolute atomic E-state index is 12.8. The molecule has 0 radical (unpaired) electrons. The van der Waals surface area contributed by atoms with E-state index in [4.69, 9.17) is 0 Å². The quantitative estimate of drug-likeness (QED) is 0.761. The SMILES string of the molecule is CC(C)(C)C(=O)N1CCC(c2ccc(NC(=O)C3CCN(c4cccnn4)CC3)cc2)CC1. The first-order valence-corrected chi connectivity index (χ1v) is 12.0. The zero-order valence-electron chi connectivity index (χ0n) is 20.0. The molecule has 2 aromatic rings. The number of benzene rings is 1. The van der Waals surface area contributed by atoms with Crippen LogP contribution in [0.25, 0.3) is 0 Å². The molecule has 3 heterocycles. The number of rotatable bonds is 4. The van der Waals surface area contributed by atoms with Gasteiger partial charge in [-0.2, -0.15) is 5.10 Å². The largest absolute Gasteiger partial charge is 0.355 e. The molecule has 2 aliphatic heterocycles. The number of amides is 2. The second-order valence-electron chi connectivity index (χ2n) is 10.3. The number of carbonyl (C=O) groups excluding carboxylic acids is 2. The van der Waals surface area contributed by atoms with Crippen molar-refractivity contribution < 1.29 is 9.59 Å². The van der Waals surface area contributed by atoms with Crippen LogP contribution >= 0.6 is 0 Å². The second-order valence-corrected chi connectivity index (χ2v) is 10.3. The van der Waals surface area contributed by atoms with E-state index < -0.39 is 0 Å². The minimum Gasteiger partial charge on any atom is -0.355 e. The fourth-order valence-electron chi connectivity index (χ4n) is 4.81. The Hall–Kier alpha value is -2.96. The van der Waals surface area contributed by atoms with Gasteiger partial charge in [0.1, 0.15) is 0 Å². The molecule has 0 spiro atoms. The number of hydrogen-bond donors (Lipinski definition) is 1. The van der Waals surface area contributed by atoms with Gasteiger partial charge in [0.15, 0.2) is 5.82 Å². The van der Waals surface area contributed by atoms with Crippen LogP contribution in [0.4, 0.5) is 11.5 Å². The Balaban J connectivity index is 1.25. The molecule has 0 saturated carbocycles. The highest BCUT2D eigenvalue weighted by Gasteiger charge is 2.31. The van der Waals surface area contributed by atoms with Gasteiger partial charge >= 0.3 is 0 Å². The Morgan fingerprint density at radius 2 is 1.61 bits per heavy atom. The average molecular weight is 450 g/mol. The molecule has 2 saturated heterocycles. The molecule has 33 heavy (non-hydrogen) atoms. The molecule has 1 aromatic carbocycles.